The smallest absolute Gasteiger partial charge is 0.221 e. The monoisotopic (exact) mass is 357 g/mol. The van der Waals surface area contributed by atoms with Gasteiger partial charge in [-0.05, 0) is 29.8 Å². The van der Waals surface area contributed by atoms with Crippen LogP contribution in [0.15, 0.2) is 54.6 Å². The molecule has 2 aromatic carbocycles. The molecule has 2 aromatic rings. The SMILES string of the molecule is O=C(CCN1CCN(c2ccccc2)CC1)NCc1ccc(Cl)cc1. The minimum atomic E-state index is 0.0976. The van der Waals surface area contributed by atoms with Crippen LogP contribution in [0.3, 0.4) is 0 Å². The maximum atomic E-state index is 12.0. The molecular weight excluding hydrogens is 334 g/mol. The summed E-state index contributed by atoms with van der Waals surface area (Å²) in [7, 11) is 0. The molecule has 0 radical (unpaired) electrons. The Morgan fingerprint density at radius 1 is 0.960 bits per heavy atom. The number of hydrogen-bond donors (Lipinski definition) is 1. The Morgan fingerprint density at radius 2 is 1.64 bits per heavy atom. The molecule has 5 heteroatoms. The first-order valence-electron chi connectivity index (χ1n) is 8.74. The molecule has 1 aliphatic rings. The number of nitrogens with zero attached hydrogens (tertiary/aromatic N) is 2. The Balaban J connectivity index is 1.35. The molecule has 4 nitrogen and oxygen atoms in total. The molecule has 1 fully saturated rings. The fourth-order valence-electron chi connectivity index (χ4n) is 3.02. The standard InChI is InChI=1S/C20H24ClN3O/c21-18-8-6-17(7-9-18)16-22-20(25)10-11-23-12-14-24(15-13-23)19-4-2-1-3-5-19/h1-9H,10-16H2,(H,22,25). The number of amides is 1. The molecule has 132 valence electrons. The van der Waals surface area contributed by atoms with E-state index in [0.717, 1.165) is 38.3 Å². The summed E-state index contributed by atoms with van der Waals surface area (Å²) in [5.41, 5.74) is 2.34. The van der Waals surface area contributed by atoms with Crippen LogP contribution in [0.5, 0.6) is 0 Å². The average molecular weight is 358 g/mol. The zero-order valence-corrected chi connectivity index (χ0v) is 15.1. The Labute approximate surface area is 154 Å². The summed E-state index contributed by atoms with van der Waals surface area (Å²) in [6.45, 7) is 5.39. The van der Waals surface area contributed by atoms with Gasteiger partial charge < -0.3 is 10.2 Å². The largest absolute Gasteiger partial charge is 0.369 e. The number of halogens is 1. The van der Waals surface area contributed by atoms with Gasteiger partial charge in [0.25, 0.3) is 0 Å². The molecule has 0 bridgehead atoms. The van der Waals surface area contributed by atoms with E-state index in [1.807, 2.05) is 30.3 Å². The van der Waals surface area contributed by atoms with Crippen molar-refractivity contribution in [1.82, 2.24) is 10.2 Å². The number of carbonyl (C=O) groups is 1. The molecule has 0 spiro atoms. The normalized spacial score (nSPS) is 15.2. The molecule has 1 aliphatic heterocycles. The lowest BCUT2D eigenvalue weighted by atomic mass is 10.2. The molecule has 0 unspecified atom stereocenters. The van der Waals surface area contributed by atoms with Crippen LogP contribution >= 0.6 is 11.6 Å². The van der Waals surface area contributed by atoms with Gasteiger partial charge in [-0.25, -0.2) is 0 Å². The van der Waals surface area contributed by atoms with Crippen molar-refractivity contribution in [2.24, 2.45) is 0 Å². The van der Waals surface area contributed by atoms with Crippen LogP contribution in [0, 0.1) is 0 Å². The van der Waals surface area contributed by atoms with Crippen LogP contribution in [0.25, 0.3) is 0 Å². The number of para-hydroxylation sites is 1. The highest BCUT2D eigenvalue weighted by Gasteiger charge is 2.17. The van der Waals surface area contributed by atoms with Crippen molar-refractivity contribution in [3.8, 4) is 0 Å². The average Bonchev–Trinajstić information content (AvgIpc) is 2.67. The number of benzene rings is 2. The van der Waals surface area contributed by atoms with E-state index in [1.165, 1.54) is 5.69 Å². The van der Waals surface area contributed by atoms with E-state index in [1.54, 1.807) is 0 Å². The molecule has 0 saturated carbocycles. The number of hydrogen-bond acceptors (Lipinski definition) is 3. The van der Waals surface area contributed by atoms with Gasteiger partial charge in [-0.1, -0.05) is 41.9 Å². The second-order valence-corrected chi connectivity index (χ2v) is 6.75. The van der Waals surface area contributed by atoms with Crippen molar-refractivity contribution in [3.63, 3.8) is 0 Å². The van der Waals surface area contributed by atoms with Gasteiger partial charge in [0.2, 0.25) is 5.91 Å². The van der Waals surface area contributed by atoms with Gasteiger partial charge in [0, 0.05) is 56.4 Å². The highest BCUT2D eigenvalue weighted by atomic mass is 35.5. The first-order valence-corrected chi connectivity index (χ1v) is 9.12. The first kappa shape index (κ1) is 17.8. The van der Waals surface area contributed by atoms with Gasteiger partial charge in [-0.15, -0.1) is 0 Å². The van der Waals surface area contributed by atoms with Gasteiger partial charge in [-0.2, -0.15) is 0 Å². The highest BCUT2D eigenvalue weighted by molar-refractivity contribution is 6.30. The zero-order chi connectivity index (χ0) is 17.5. The van der Waals surface area contributed by atoms with Gasteiger partial charge in [-0.3, -0.25) is 9.69 Å². The van der Waals surface area contributed by atoms with E-state index in [9.17, 15) is 4.79 Å². The molecular formula is C20H24ClN3O. The summed E-state index contributed by atoms with van der Waals surface area (Å²) < 4.78 is 0. The molecule has 1 heterocycles. The molecule has 1 amide bonds. The van der Waals surface area contributed by atoms with Crippen molar-refractivity contribution in [2.75, 3.05) is 37.6 Å². The quantitative estimate of drug-likeness (QED) is 0.862. The Hall–Kier alpha value is -2.04. The Morgan fingerprint density at radius 3 is 2.32 bits per heavy atom. The van der Waals surface area contributed by atoms with E-state index in [0.29, 0.717) is 18.0 Å². The van der Waals surface area contributed by atoms with Gasteiger partial charge in [0.15, 0.2) is 0 Å². The van der Waals surface area contributed by atoms with E-state index in [-0.39, 0.29) is 5.91 Å². The topological polar surface area (TPSA) is 35.6 Å². The Bertz CT molecular complexity index is 667. The van der Waals surface area contributed by atoms with Crippen LogP contribution in [0.1, 0.15) is 12.0 Å². The van der Waals surface area contributed by atoms with Crippen LogP contribution < -0.4 is 10.2 Å². The number of anilines is 1. The van der Waals surface area contributed by atoms with Crippen molar-refractivity contribution >= 4 is 23.2 Å². The van der Waals surface area contributed by atoms with Crippen LogP contribution in [0.4, 0.5) is 5.69 Å². The van der Waals surface area contributed by atoms with Gasteiger partial charge in [0.1, 0.15) is 0 Å². The minimum Gasteiger partial charge on any atom is -0.369 e. The molecule has 0 aliphatic carbocycles. The van der Waals surface area contributed by atoms with Crippen molar-refractivity contribution in [1.29, 1.82) is 0 Å². The van der Waals surface area contributed by atoms with Crippen molar-refractivity contribution in [3.05, 3.63) is 65.2 Å². The minimum absolute atomic E-state index is 0.0976. The van der Waals surface area contributed by atoms with Gasteiger partial charge >= 0.3 is 0 Å². The maximum Gasteiger partial charge on any atom is 0.221 e. The van der Waals surface area contributed by atoms with Crippen LogP contribution in [-0.2, 0) is 11.3 Å². The van der Waals surface area contributed by atoms with E-state index >= 15 is 0 Å². The molecule has 0 aromatic heterocycles. The fourth-order valence-corrected chi connectivity index (χ4v) is 3.15. The molecule has 25 heavy (non-hydrogen) atoms. The second-order valence-electron chi connectivity index (χ2n) is 6.32. The summed E-state index contributed by atoms with van der Waals surface area (Å²) in [6, 6.07) is 18.1. The lowest BCUT2D eigenvalue weighted by molar-refractivity contribution is -0.121. The fraction of sp³-hybridized carbons (Fsp3) is 0.350. The maximum absolute atomic E-state index is 12.0. The molecule has 3 rings (SSSR count). The third-order valence-electron chi connectivity index (χ3n) is 4.55. The van der Waals surface area contributed by atoms with E-state index in [4.69, 9.17) is 11.6 Å². The predicted octanol–water partition coefficient (Wildman–Crippen LogP) is 3.17. The predicted molar refractivity (Wildman–Crippen MR) is 103 cm³/mol. The molecule has 1 N–H and O–H groups in total. The number of rotatable bonds is 6. The van der Waals surface area contributed by atoms with E-state index < -0.39 is 0 Å². The summed E-state index contributed by atoms with van der Waals surface area (Å²) in [5.74, 6) is 0.0976. The zero-order valence-electron chi connectivity index (χ0n) is 14.3. The molecule has 0 atom stereocenters. The van der Waals surface area contributed by atoms with Crippen molar-refractivity contribution in [2.45, 2.75) is 13.0 Å². The molecule has 1 saturated heterocycles. The van der Waals surface area contributed by atoms with E-state index in [2.05, 4.69) is 39.4 Å². The Kier molecular flexibility index (Phi) is 6.31. The van der Waals surface area contributed by atoms with Gasteiger partial charge in [0.05, 0.1) is 0 Å². The summed E-state index contributed by atoms with van der Waals surface area (Å²) >= 11 is 5.86. The van der Waals surface area contributed by atoms with Crippen LogP contribution in [0.2, 0.25) is 5.02 Å². The third-order valence-corrected chi connectivity index (χ3v) is 4.80. The summed E-state index contributed by atoms with van der Waals surface area (Å²) in [6.07, 6.45) is 0.541. The lowest BCUT2D eigenvalue weighted by Crippen LogP contribution is -2.47. The summed E-state index contributed by atoms with van der Waals surface area (Å²) in [4.78, 5) is 16.8. The lowest BCUT2D eigenvalue weighted by Gasteiger charge is -2.36. The first-order chi connectivity index (χ1) is 12.2. The van der Waals surface area contributed by atoms with Crippen molar-refractivity contribution < 1.29 is 4.79 Å². The number of piperazine rings is 1. The summed E-state index contributed by atoms with van der Waals surface area (Å²) in [5, 5.41) is 3.69. The number of nitrogens with one attached hydrogen (secondary N) is 1. The van der Waals surface area contributed by atoms with Crippen LogP contribution in [-0.4, -0.2) is 43.5 Å². The third kappa shape index (κ3) is 5.48. The second kappa shape index (κ2) is 8.88. The highest BCUT2D eigenvalue weighted by Crippen LogP contribution is 2.15. The number of carbonyl (C=O) groups excluding carboxylic acids is 1.